The van der Waals surface area contributed by atoms with Gasteiger partial charge >= 0.3 is 0 Å². The van der Waals surface area contributed by atoms with Gasteiger partial charge in [0.25, 0.3) is 0 Å². The molecule has 1 aromatic rings. The van der Waals surface area contributed by atoms with Crippen molar-refractivity contribution in [1.82, 2.24) is 15.5 Å². The maximum Gasteiger partial charge on any atom is 0.230 e. The molecule has 0 saturated heterocycles. The first-order valence-corrected chi connectivity index (χ1v) is 9.48. The van der Waals surface area contributed by atoms with Gasteiger partial charge in [0, 0.05) is 12.6 Å². The second kappa shape index (κ2) is 8.58. The number of aromatic nitrogens is 2. The number of carbonyl (C=O) groups is 1. The van der Waals surface area contributed by atoms with Crippen molar-refractivity contribution in [3.05, 3.63) is 0 Å². The summed E-state index contributed by atoms with van der Waals surface area (Å²) in [6.45, 7) is 5.24. The number of thioether (sulfide) groups is 1. The quantitative estimate of drug-likeness (QED) is 0.753. The molecule has 0 bridgehead atoms. The first-order valence-electron chi connectivity index (χ1n) is 7.68. The minimum absolute atomic E-state index is 0.108. The molecule has 0 aromatic carbocycles. The van der Waals surface area contributed by atoms with Crippen molar-refractivity contribution in [2.75, 3.05) is 17.6 Å². The fourth-order valence-electron chi connectivity index (χ4n) is 2.48. The van der Waals surface area contributed by atoms with Crippen LogP contribution >= 0.6 is 23.1 Å². The summed E-state index contributed by atoms with van der Waals surface area (Å²) in [5.74, 6) is 1.13. The van der Waals surface area contributed by atoms with Crippen molar-refractivity contribution in [1.29, 1.82) is 0 Å². The first-order chi connectivity index (χ1) is 10.2. The average molecular weight is 329 g/mol. The van der Waals surface area contributed by atoms with Gasteiger partial charge in [-0.2, -0.15) is 0 Å². The highest BCUT2D eigenvalue weighted by atomic mass is 32.2. The molecule has 21 heavy (non-hydrogen) atoms. The van der Waals surface area contributed by atoms with E-state index < -0.39 is 0 Å². The van der Waals surface area contributed by atoms with Gasteiger partial charge in [0.2, 0.25) is 11.0 Å². The monoisotopic (exact) mass is 328 g/mol. The topological polar surface area (TPSA) is 66.9 Å². The van der Waals surface area contributed by atoms with E-state index >= 15 is 0 Å². The fraction of sp³-hybridized carbons (Fsp3) is 0.786. The van der Waals surface area contributed by atoms with E-state index in [0.29, 0.717) is 17.7 Å². The SMILES string of the molecule is CCCNc1nnc(SCC(=O)N[C@H]2CCCC[C@H]2C)s1. The average Bonchev–Trinajstić information content (AvgIpc) is 2.93. The van der Waals surface area contributed by atoms with E-state index in [1.165, 1.54) is 42.4 Å². The predicted octanol–water partition coefficient (Wildman–Crippen LogP) is 3.15. The molecule has 1 heterocycles. The second-order valence-corrected chi connectivity index (χ2v) is 7.72. The Hall–Kier alpha value is -0.820. The lowest BCUT2D eigenvalue weighted by Gasteiger charge is -2.29. The maximum absolute atomic E-state index is 12.0. The van der Waals surface area contributed by atoms with Crippen molar-refractivity contribution >= 4 is 34.1 Å². The molecule has 5 nitrogen and oxygen atoms in total. The molecule has 2 atom stereocenters. The van der Waals surface area contributed by atoms with Gasteiger partial charge in [-0.05, 0) is 25.2 Å². The fourth-order valence-corrected chi connectivity index (χ4v) is 4.07. The number of nitrogens with one attached hydrogen (secondary N) is 2. The summed E-state index contributed by atoms with van der Waals surface area (Å²) in [6, 6.07) is 0.350. The van der Waals surface area contributed by atoms with E-state index in [1.54, 1.807) is 0 Å². The third-order valence-electron chi connectivity index (χ3n) is 3.72. The standard InChI is InChI=1S/C14H24N4OS2/c1-3-8-15-13-17-18-14(21-13)20-9-12(19)16-11-7-5-4-6-10(11)2/h10-11H,3-9H2,1-2H3,(H,15,17)(H,16,19)/t10-,11+/m1/s1. The molecular formula is C14H24N4OS2. The summed E-state index contributed by atoms with van der Waals surface area (Å²) >= 11 is 2.98. The zero-order chi connectivity index (χ0) is 15.1. The van der Waals surface area contributed by atoms with Crippen LogP contribution in [0.3, 0.4) is 0 Å². The molecule has 7 heteroatoms. The Morgan fingerprint density at radius 1 is 1.38 bits per heavy atom. The highest BCUT2D eigenvalue weighted by Gasteiger charge is 2.22. The van der Waals surface area contributed by atoms with Crippen LogP contribution in [0.2, 0.25) is 0 Å². The normalized spacial score (nSPS) is 22.0. The third kappa shape index (κ3) is 5.47. The van der Waals surface area contributed by atoms with Gasteiger partial charge in [0.15, 0.2) is 4.34 Å². The van der Waals surface area contributed by atoms with Crippen LogP contribution in [0, 0.1) is 5.92 Å². The molecule has 0 unspecified atom stereocenters. The molecule has 0 radical (unpaired) electrons. The predicted molar refractivity (Wildman–Crippen MR) is 89.0 cm³/mol. The van der Waals surface area contributed by atoms with Gasteiger partial charge in [0.1, 0.15) is 0 Å². The molecule has 0 spiro atoms. The molecule has 1 aromatic heterocycles. The van der Waals surface area contributed by atoms with Crippen molar-refractivity contribution in [3.8, 4) is 0 Å². The summed E-state index contributed by atoms with van der Waals surface area (Å²) in [5.41, 5.74) is 0. The molecule has 2 N–H and O–H groups in total. The molecular weight excluding hydrogens is 304 g/mol. The van der Waals surface area contributed by atoms with Crippen LogP contribution in [0.1, 0.15) is 46.0 Å². The van der Waals surface area contributed by atoms with Crippen LogP contribution in [0.25, 0.3) is 0 Å². The maximum atomic E-state index is 12.0. The smallest absolute Gasteiger partial charge is 0.230 e. The van der Waals surface area contributed by atoms with Gasteiger partial charge in [-0.1, -0.05) is 49.8 Å². The van der Waals surface area contributed by atoms with Crippen LogP contribution < -0.4 is 10.6 Å². The van der Waals surface area contributed by atoms with E-state index in [0.717, 1.165) is 28.9 Å². The molecule has 0 aliphatic heterocycles. The van der Waals surface area contributed by atoms with Crippen LogP contribution in [-0.4, -0.2) is 34.4 Å². The molecule has 118 valence electrons. The number of nitrogens with zero attached hydrogens (tertiary/aromatic N) is 2. The number of hydrogen-bond donors (Lipinski definition) is 2. The van der Waals surface area contributed by atoms with Gasteiger partial charge < -0.3 is 10.6 Å². The number of anilines is 1. The minimum atomic E-state index is 0.108. The lowest BCUT2D eigenvalue weighted by molar-refractivity contribution is -0.119. The molecule has 1 amide bonds. The van der Waals surface area contributed by atoms with E-state index in [4.69, 9.17) is 0 Å². The minimum Gasteiger partial charge on any atom is -0.360 e. The summed E-state index contributed by atoms with van der Waals surface area (Å²) < 4.78 is 0.848. The van der Waals surface area contributed by atoms with Crippen LogP contribution in [0.4, 0.5) is 5.13 Å². The highest BCUT2D eigenvalue weighted by molar-refractivity contribution is 8.01. The molecule has 1 aliphatic carbocycles. The Morgan fingerprint density at radius 2 is 2.19 bits per heavy atom. The lowest BCUT2D eigenvalue weighted by Crippen LogP contribution is -2.41. The van der Waals surface area contributed by atoms with Gasteiger partial charge in [-0.25, -0.2) is 0 Å². The zero-order valence-corrected chi connectivity index (χ0v) is 14.4. The molecule has 1 fully saturated rings. The van der Waals surface area contributed by atoms with Gasteiger partial charge in [0.05, 0.1) is 5.75 Å². The van der Waals surface area contributed by atoms with E-state index in [9.17, 15) is 4.79 Å². The highest BCUT2D eigenvalue weighted by Crippen LogP contribution is 2.26. The summed E-state index contributed by atoms with van der Waals surface area (Å²) in [4.78, 5) is 12.0. The van der Waals surface area contributed by atoms with Crippen molar-refractivity contribution in [2.24, 2.45) is 5.92 Å². The number of amides is 1. The van der Waals surface area contributed by atoms with Crippen molar-refractivity contribution in [2.45, 2.75) is 56.3 Å². The molecule has 2 rings (SSSR count). The largest absolute Gasteiger partial charge is 0.360 e. The van der Waals surface area contributed by atoms with Crippen molar-refractivity contribution in [3.63, 3.8) is 0 Å². The third-order valence-corrected chi connectivity index (χ3v) is 5.73. The second-order valence-electron chi connectivity index (χ2n) is 5.52. The van der Waals surface area contributed by atoms with E-state index in [1.807, 2.05) is 0 Å². The van der Waals surface area contributed by atoms with Crippen LogP contribution in [0.5, 0.6) is 0 Å². The van der Waals surface area contributed by atoms with E-state index in [2.05, 4.69) is 34.7 Å². The van der Waals surface area contributed by atoms with Crippen LogP contribution in [0.15, 0.2) is 4.34 Å². The van der Waals surface area contributed by atoms with E-state index in [-0.39, 0.29) is 5.91 Å². The first kappa shape index (κ1) is 16.5. The Kier molecular flexibility index (Phi) is 6.76. The Morgan fingerprint density at radius 3 is 2.95 bits per heavy atom. The Bertz CT molecular complexity index is 452. The zero-order valence-electron chi connectivity index (χ0n) is 12.7. The molecule has 1 aliphatic rings. The number of rotatable bonds is 7. The molecule has 1 saturated carbocycles. The van der Waals surface area contributed by atoms with Crippen LogP contribution in [-0.2, 0) is 4.79 Å². The summed E-state index contributed by atoms with van der Waals surface area (Å²) in [7, 11) is 0. The van der Waals surface area contributed by atoms with Crippen molar-refractivity contribution < 1.29 is 4.79 Å². The van der Waals surface area contributed by atoms with Gasteiger partial charge in [-0.15, -0.1) is 10.2 Å². The Balaban J connectivity index is 1.71. The Labute approximate surface area is 134 Å². The number of carbonyl (C=O) groups excluding carboxylic acids is 1. The van der Waals surface area contributed by atoms with Gasteiger partial charge in [-0.3, -0.25) is 4.79 Å². The number of hydrogen-bond acceptors (Lipinski definition) is 6. The summed E-state index contributed by atoms with van der Waals surface area (Å²) in [5, 5.41) is 15.4. The summed E-state index contributed by atoms with van der Waals surface area (Å²) in [6.07, 6.45) is 5.92. The lowest BCUT2D eigenvalue weighted by atomic mass is 9.86.